The van der Waals surface area contributed by atoms with Crippen molar-refractivity contribution in [1.82, 2.24) is 20.1 Å². The van der Waals surface area contributed by atoms with Gasteiger partial charge in [0.05, 0.1) is 12.1 Å². The van der Waals surface area contributed by atoms with Gasteiger partial charge in [-0.2, -0.15) is 0 Å². The number of hydrogen-bond acceptors (Lipinski definition) is 13. The molecule has 0 saturated heterocycles. The van der Waals surface area contributed by atoms with Gasteiger partial charge in [-0.1, -0.05) is 91.9 Å². The maximum absolute atomic E-state index is 13.4. The standard InChI is InChI=1S/C21H24N2O4.C20H22N2O5/c1-13-8-7-11-15-17(23(2)3)18-16(19(24)21(13,15)25)20(22-27-18)26-12-14-9-5-4-6-10-14;1-22(2)16-13-9-6-10-14(23)20(13,25)18(24)15-17(16)27-21-19(15)26-11-12-7-4-3-5-8-12/h4-10,13,15,17,25H,11-12H2,1-3H3;3-8,10,13-14,16,23,25H,9,11H2,1-2H3/t13-,15+,17+,21-;13-,14+,16-,20-/m10/s1. The Bertz CT molecular complexity index is 1900. The Labute approximate surface area is 313 Å². The van der Waals surface area contributed by atoms with Gasteiger partial charge in [0.15, 0.2) is 17.1 Å². The number of aliphatic hydroxyl groups excluding tert-OH is 1. The van der Waals surface area contributed by atoms with Gasteiger partial charge >= 0.3 is 0 Å². The van der Waals surface area contributed by atoms with Crippen molar-refractivity contribution in [3.8, 4) is 11.8 Å². The first-order valence-corrected chi connectivity index (χ1v) is 18.1. The van der Waals surface area contributed by atoms with Gasteiger partial charge < -0.3 is 33.8 Å². The van der Waals surface area contributed by atoms with Crippen molar-refractivity contribution >= 4 is 11.6 Å². The van der Waals surface area contributed by atoms with Crippen LogP contribution in [0.15, 0.2) is 94.0 Å². The zero-order chi connectivity index (χ0) is 38.4. The van der Waals surface area contributed by atoms with Crippen LogP contribution in [-0.4, -0.2) is 92.5 Å². The van der Waals surface area contributed by atoms with Crippen LogP contribution < -0.4 is 9.47 Å². The summed E-state index contributed by atoms with van der Waals surface area (Å²) in [6, 6.07) is 18.5. The van der Waals surface area contributed by atoms with E-state index >= 15 is 0 Å². The van der Waals surface area contributed by atoms with Crippen LogP contribution in [0.1, 0.15) is 75.2 Å². The molecule has 3 N–H and O–H groups in total. The highest BCUT2D eigenvalue weighted by Gasteiger charge is 2.61. The van der Waals surface area contributed by atoms with E-state index in [0.717, 1.165) is 11.1 Å². The van der Waals surface area contributed by atoms with Gasteiger partial charge in [0.25, 0.3) is 11.8 Å². The Morgan fingerprint density at radius 2 is 1.13 bits per heavy atom. The van der Waals surface area contributed by atoms with Crippen molar-refractivity contribution in [3.05, 3.63) is 119 Å². The van der Waals surface area contributed by atoms with E-state index in [1.54, 1.807) is 6.08 Å². The fourth-order valence-electron chi connectivity index (χ4n) is 8.41. The summed E-state index contributed by atoms with van der Waals surface area (Å²) < 4.78 is 22.6. The maximum atomic E-state index is 13.4. The lowest BCUT2D eigenvalue weighted by molar-refractivity contribution is -0.0974. The molecule has 0 unspecified atom stereocenters. The molecule has 0 saturated carbocycles. The predicted octanol–water partition coefficient (Wildman–Crippen LogP) is 4.72. The number of aromatic nitrogens is 2. The van der Waals surface area contributed by atoms with Crippen molar-refractivity contribution < 1.29 is 43.4 Å². The van der Waals surface area contributed by atoms with Crippen molar-refractivity contribution in [3.63, 3.8) is 0 Å². The van der Waals surface area contributed by atoms with Crippen LogP contribution in [0.2, 0.25) is 0 Å². The lowest BCUT2D eigenvalue weighted by atomic mass is 9.62. The average Bonchev–Trinajstić information content (AvgIpc) is 3.78. The van der Waals surface area contributed by atoms with Crippen molar-refractivity contribution in [2.75, 3.05) is 28.2 Å². The number of Topliss-reactive ketones (excluding diaryl/α,β-unsaturated/α-hetero) is 2. The van der Waals surface area contributed by atoms with Crippen LogP contribution in [0.4, 0.5) is 0 Å². The van der Waals surface area contributed by atoms with Crippen LogP contribution in [0.5, 0.6) is 11.8 Å². The van der Waals surface area contributed by atoms with Crippen molar-refractivity contribution in [1.29, 1.82) is 0 Å². The van der Waals surface area contributed by atoms with E-state index in [4.69, 9.17) is 18.5 Å². The molecular formula is C41H46N4O9. The molecule has 4 aliphatic carbocycles. The van der Waals surface area contributed by atoms with E-state index in [9.17, 15) is 24.9 Å². The maximum Gasteiger partial charge on any atom is 0.265 e. The topological polar surface area (TPSA) is 172 Å². The number of rotatable bonds is 8. The second-order valence-electron chi connectivity index (χ2n) is 14.9. The molecule has 0 amide bonds. The Balaban J connectivity index is 0.000000167. The molecule has 54 heavy (non-hydrogen) atoms. The molecule has 0 aliphatic heterocycles. The number of ketones is 2. The third-order valence-electron chi connectivity index (χ3n) is 11.2. The molecule has 8 rings (SSSR count). The summed E-state index contributed by atoms with van der Waals surface area (Å²) >= 11 is 0. The van der Waals surface area contributed by atoms with Crippen LogP contribution in [0.3, 0.4) is 0 Å². The minimum atomic E-state index is -1.94. The summed E-state index contributed by atoms with van der Waals surface area (Å²) in [4.78, 5) is 30.4. The number of carbonyl (C=O) groups is 2. The smallest absolute Gasteiger partial charge is 0.265 e. The number of carbonyl (C=O) groups excluding carboxylic acids is 2. The number of benzene rings is 2. The van der Waals surface area contributed by atoms with Crippen molar-refractivity contribution in [2.24, 2.45) is 17.8 Å². The van der Waals surface area contributed by atoms with E-state index in [0.29, 0.717) is 24.4 Å². The minimum Gasteiger partial charge on any atom is -0.470 e. The highest BCUT2D eigenvalue weighted by molar-refractivity contribution is 6.07. The molecule has 284 valence electrons. The highest BCUT2D eigenvalue weighted by atomic mass is 16.5. The quantitative estimate of drug-likeness (QED) is 0.213. The lowest BCUT2D eigenvalue weighted by Crippen LogP contribution is -2.61. The zero-order valence-electron chi connectivity index (χ0n) is 31.0. The van der Waals surface area contributed by atoms with Gasteiger partial charge in [-0.3, -0.25) is 19.4 Å². The Kier molecular flexibility index (Phi) is 10.2. The minimum absolute atomic E-state index is 0.0410. The first-order chi connectivity index (χ1) is 25.9. The lowest BCUT2D eigenvalue weighted by Gasteiger charge is -2.48. The van der Waals surface area contributed by atoms with E-state index in [-0.39, 0.29) is 59.8 Å². The average molecular weight is 739 g/mol. The van der Waals surface area contributed by atoms with E-state index in [1.165, 1.54) is 6.08 Å². The molecular weight excluding hydrogens is 692 g/mol. The molecule has 2 aromatic heterocycles. The number of nitrogens with zero attached hydrogens (tertiary/aromatic N) is 4. The number of allylic oxidation sites excluding steroid dienone is 2. The molecule has 13 nitrogen and oxygen atoms in total. The van der Waals surface area contributed by atoms with Crippen LogP contribution in [0, 0.1) is 17.8 Å². The summed E-state index contributed by atoms with van der Waals surface area (Å²) in [6.45, 7) is 2.36. The predicted molar refractivity (Wildman–Crippen MR) is 196 cm³/mol. The van der Waals surface area contributed by atoms with Crippen LogP contribution in [0.25, 0.3) is 0 Å². The Hall–Kier alpha value is -4.92. The SMILES string of the molecule is CN(C)[C@@H]1c2onc(OCc3ccccc3)c2C(=O)[C@@]2(O)[C@H](O)C=CC[C@@H]12.C[C@@H]1C=CC[C@H]2[C@H](N(C)C)c3onc(OCc4ccccc4)c3C(=O)[C@@]12O. The largest absolute Gasteiger partial charge is 0.470 e. The van der Waals surface area contributed by atoms with Gasteiger partial charge in [-0.15, -0.1) is 0 Å². The molecule has 13 heteroatoms. The summed E-state index contributed by atoms with van der Waals surface area (Å²) in [6.07, 6.45) is 6.94. The molecule has 0 spiro atoms. The monoisotopic (exact) mass is 738 g/mol. The highest BCUT2D eigenvalue weighted by Crippen LogP contribution is 2.53. The second kappa shape index (κ2) is 14.7. The van der Waals surface area contributed by atoms with Crippen LogP contribution in [-0.2, 0) is 13.2 Å². The second-order valence-corrected chi connectivity index (χ2v) is 14.9. The molecule has 2 heterocycles. The number of ether oxygens (including phenoxy) is 2. The Morgan fingerprint density at radius 1 is 0.704 bits per heavy atom. The number of hydrogen-bond donors (Lipinski definition) is 3. The number of aliphatic hydroxyl groups is 3. The summed E-state index contributed by atoms with van der Waals surface area (Å²) in [5.74, 6) is -1.06. The normalized spacial score (nSPS) is 29.5. The van der Waals surface area contributed by atoms with Gasteiger partial charge in [0.1, 0.15) is 36.0 Å². The third kappa shape index (κ3) is 6.19. The first kappa shape index (κ1) is 37.4. The fourth-order valence-corrected chi connectivity index (χ4v) is 8.41. The summed E-state index contributed by atoms with van der Waals surface area (Å²) in [7, 11) is 7.51. The van der Waals surface area contributed by atoms with Gasteiger partial charge in [-0.05, 0) is 62.5 Å². The van der Waals surface area contributed by atoms with E-state index < -0.39 is 35.0 Å². The molecule has 8 atom stereocenters. The molecule has 4 aromatic rings. The summed E-state index contributed by atoms with van der Waals surface area (Å²) in [5.41, 5.74) is -1.17. The van der Waals surface area contributed by atoms with E-state index in [1.807, 2.05) is 118 Å². The summed E-state index contributed by atoms with van der Waals surface area (Å²) in [5, 5.41) is 41.1. The van der Waals surface area contributed by atoms with Gasteiger partial charge in [-0.25, -0.2) is 0 Å². The molecule has 0 radical (unpaired) electrons. The first-order valence-electron chi connectivity index (χ1n) is 18.1. The van der Waals surface area contributed by atoms with Crippen LogP contribution >= 0.6 is 0 Å². The molecule has 0 fully saturated rings. The van der Waals surface area contributed by atoms with E-state index in [2.05, 4.69) is 10.3 Å². The fraction of sp³-hybridized carbons (Fsp3) is 0.415. The number of fused-ring (bicyclic) bond motifs is 4. The molecule has 2 aromatic carbocycles. The molecule has 4 aliphatic rings. The van der Waals surface area contributed by atoms with Crippen molar-refractivity contribution in [2.45, 2.75) is 62.4 Å². The zero-order valence-corrected chi connectivity index (χ0v) is 31.0. The van der Waals surface area contributed by atoms with Gasteiger partial charge in [0.2, 0.25) is 11.6 Å². The third-order valence-corrected chi connectivity index (χ3v) is 11.2. The Morgan fingerprint density at radius 3 is 1.59 bits per heavy atom. The van der Waals surface area contributed by atoms with Gasteiger partial charge in [0, 0.05) is 17.8 Å². The molecule has 0 bridgehead atoms.